The van der Waals surface area contributed by atoms with E-state index in [1.807, 2.05) is 49.3 Å². The summed E-state index contributed by atoms with van der Waals surface area (Å²) in [7, 11) is 3.79. The van der Waals surface area contributed by atoms with Gasteiger partial charge in [0.2, 0.25) is 5.91 Å². The molecule has 1 heterocycles. The second-order valence-corrected chi connectivity index (χ2v) is 7.23. The Labute approximate surface area is 169 Å². The van der Waals surface area contributed by atoms with E-state index in [-0.39, 0.29) is 12.5 Å². The number of aliphatic hydroxyl groups is 1. The standard InChI is InChI=1S/C21H23ClN4O2/c1-13(21(28)25-17-4-6-18(22)20(10-17)26(2)3)24-16-5-7-19-15(9-16)8-14(12-27)11-23-19/h4-11,13,24,27H,12H2,1-3H3,(H,25,28)/t13-/m0/s1. The third kappa shape index (κ3) is 4.52. The van der Waals surface area contributed by atoms with Gasteiger partial charge in [0.25, 0.3) is 0 Å². The molecule has 0 aliphatic carbocycles. The number of carbonyl (C=O) groups is 1. The van der Waals surface area contributed by atoms with Crippen molar-refractivity contribution in [3.8, 4) is 0 Å². The predicted octanol–water partition coefficient (Wildman–Crippen LogP) is 3.89. The summed E-state index contributed by atoms with van der Waals surface area (Å²) in [6.07, 6.45) is 1.65. The van der Waals surface area contributed by atoms with Crippen molar-refractivity contribution in [2.75, 3.05) is 29.6 Å². The highest BCUT2D eigenvalue weighted by molar-refractivity contribution is 6.33. The maximum Gasteiger partial charge on any atom is 0.246 e. The van der Waals surface area contributed by atoms with E-state index in [2.05, 4.69) is 15.6 Å². The number of rotatable bonds is 6. The number of nitrogens with one attached hydrogen (secondary N) is 2. The van der Waals surface area contributed by atoms with Gasteiger partial charge in [0.05, 0.1) is 22.8 Å². The first-order chi connectivity index (χ1) is 13.4. The van der Waals surface area contributed by atoms with Crippen LogP contribution in [0.3, 0.4) is 0 Å². The van der Waals surface area contributed by atoms with Crippen LogP contribution in [0, 0.1) is 0 Å². The van der Waals surface area contributed by atoms with E-state index in [9.17, 15) is 9.90 Å². The molecule has 0 bridgehead atoms. The maximum atomic E-state index is 12.6. The van der Waals surface area contributed by atoms with E-state index in [0.717, 1.165) is 27.8 Å². The Bertz CT molecular complexity index is 1010. The highest BCUT2D eigenvalue weighted by Crippen LogP contribution is 2.27. The summed E-state index contributed by atoms with van der Waals surface area (Å²) in [6.45, 7) is 1.74. The lowest BCUT2D eigenvalue weighted by molar-refractivity contribution is -0.116. The monoisotopic (exact) mass is 398 g/mol. The van der Waals surface area contributed by atoms with Gasteiger partial charge in [-0.2, -0.15) is 0 Å². The molecule has 6 nitrogen and oxygen atoms in total. The molecule has 0 aliphatic heterocycles. The number of fused-ring (bicyclic) bond motifs is 1. The number of halogens is 1. The topological polar surface area (TPSA) is 77.5 Å². The minimum Gasteiger partial charge on any atom is -0.392 e. The van der Waals surface area contributed by atoms with Gasteiger partial charge in [-0.15, -0.1) is 0 Å². The number of amides is 1. The first-order valence-corrected chi connectivity index (χ1v) is 9.29. The summed E-state index contributed by atoms with van der Waals surface area (Å²) in [6, 6.07) is 12.5. The molecule has 1 atom stereocenters. The van der Waals surface area contributed by atoms with Crippen LogP contribution >= 0.6 is 11.6 Å². The van der Waals surface area contributed by atoms with Crippen molar-refractivity contribution in [3.05, 3.63) is 59.2 Å². The normalized spacial score (nSPS) is 11.9. The third-order valence-corrected chi connectivity index (χ3v) is 4.71. The first kappa shape index (κ1) is 19.9. The van der Waals surface area contributed by atoms with Crippen molar-refractivity contribution in [2.45, 2.75) is 19.6 Å². The predicted molar refractivity (Wildman–Crippen MR) is 115 cm³/mol. The maximum absolute atomic E-state index is 12.6. The second kappa shape index (κ2) is 8.46. The third-order valence-electron chi connectivity index (χ3n) is 4.39. The number of pyridine rings is 1. The fourth-order valence-corrected chi connectivity index (χ4v) is 3.14. The smallest absolute Gasteiger partial charge is 0.246 e. The molecule has 3 aromatic rings. The van der Waals surface area contributed by atoms with Crippen molar-refractivity contribution in [3.63, 3.8) is 0 Å². The molecule has 3 N–H and O–H groups in total. The minimum absolute atomic E-state index is 0.0601. The van der Waals surface area contributed by atoms with Crippen LogP contribution in [0.15, 0.2) is 48.7 Å². The van der Waals surface area contributed by atoms with Gasteiger partial charge >= 0.3 is 0 Å². The van der Waals surface area contributed by atoms with E-state index in [4.69, 9.17) is 11.6 Å². The number of aromatic nitrogens is 1. The first-order valence-electron chi connectivity index (χ1n) is 8.91. The van der Waals surface area contributed by atoms with E-state index in [0.29, 0.717) is 10.7 Å². The molecule has 0 saturated carbocycles. The Hall–Kier alpha value is -2.83. The summed E-state index contributed by atoms with van der Waals surface area (Å²) >= 11 is 6.18. The van der Waals surface area contributed by atoms with Crippen LogP contribution in [0.2, 0.25) is 5.02 Å². The zero-order valence-electron chi connectivity index (χ0n) is 16.0. The van der Waals surface area contributed by atoms with Crippen LogP contribution in [0.1, 0.15) is 12.5 Å². The summed E-state index contributed by atoms with van der Waals surface area (Å²) in [5.41, 5.74) is 3.90. The zero-order chi connectivity index (χ0) is 20.3. The van der Waals surface area contributed by atoms with Gasteiger partial charge in [0.1, 0.15) is 6.04 Å². The van der Waals surface area contributed by atoms with Gasteiger partial charge in [0, 0.05) is 37.1 Å². The van der Waals surface area contributed by atoms with Crippen LogP contribution in [-0.4, -0.2) is 36.1 Å². The van der Waals surface area contributed by atoms with Crippen molar-refractivity contribution >= 4 is 45.5 Å². The fourth-order valence-electron chi connectivity index (χ4n) is 2.85. The molecular weight excluding hydrogens is 376 g/mol. The van der Waals surface area contributed by atoms with Crippen LogP contribution < -0.4 is 15.5 Å². The fraction of sp³-hybridized carbons (Fsp3) is 0.238. The molecule has 0 unspecified atom stereocenters. The molecule has 7 heteroatoms. The Morgan fingerprint density at radius 1 is 1.18 bits per heavy atom. The average molecular weight is 399 g/mol. The Morgan fingerprint density at radius 3 is 2.64 bits per heavy atom. The molecule has 1 amide bonds. The lowest BCUT2D eigenvalue weighted by atomic mass is 10.1. The summed E-state index contributed by atoms with van der Waals surface area (Å²) < 4.78 is 0. The molecular formula is C21H23ClN4O2. The van der Waals surface area contributed by atoms with Gasteiger partial charge in [-0.3, -0.25) is 9.78 Å². The van der Waals surface area contributed by atoms with E-state index >= 15 is 0 Å². The van der Waals surface area contributed by atoms with Crippen LogP contribution in [0.4, 0.5) is 17.1 Å². The Balaban J connectivity index is 1.72. The number of nitrogens with zero attached hydrogens (tertiary/aromatic N) is 2. The van der Waals surface area contributed by atoms with Gasteiger partial charge in [-0.1, -0.05) is 11.6 Å². The number of aliphatic hydroxyl groups excluding tert-OH is 1. The quantitative estimate of drug-likeness (QED) is 0.587. The van der Waals surface area contributed by atoms with Crippen molar-refractivity contribution < 1.29 is 9.90 Å². The number of hydrogen-bond acceptors (Lipinski definition) is 5. The molecule has 28 heavy (non-hydrogen) atoms. The van der Waals surface area contributed by atoms with Crippen molar-refractivity contribution in [2.24, 2.45) is 0 Å². The van der Waals surface area contributed by atoms with Crippen molar-refractivity contribution in [1.82, 2.24) is 4.98 Å². The molecule has 0 saturated heterocycles. The van der Waals surface area contributed by atoms with Crippen LogP contribution in [0.5, 0.6) is 0 Å². The summed E-state index contributed by atoms with van der Waals surface area (Å²) in [5, 5.41) is 16.9. The lowest BCUT2D eigenvalue weighted by Gasteiger charge is -2.18. The minimum atomic E-state index is -0.454. The van der Waals surface area contributed by atoms with Crippen molar-refractivity contribution in [1.29, 1.82) is 0 Å². The molecule has 0 fully saturated rings. The molecule has 0 radical (unpaired) electrons. The molecule has 2 aromatic carbocycles. The lowest BCUT2D eigenvalue weighted by Crippen LogP contribution is -2.31. The van der Waals surface area contributed by atoms with E-state index in [1.54, 1.807) is 25.3 Å². The molecule has 3 rings (SSSR count). The molecule has 0 aliphatic rings. The molecule has 1 aromatic heterocycles. The number of benzene rings is 2. The van der Waals surface area contributed by atoms with Gasteiger partial charge in [-0.25, -0.2) is 0 Å². The number of hydrogen-bond donors (Lipinski definition) is 3. The van der Waals surface area contributed by atoms with Gasteiger partial charge < -0.3 is 20.6 Å². The van der Waals surface area contributed by atoms with Crippen LogP contribution in [-0.2, 0) is 11.4 Å². The Morgan fingerprint density at radius 2 is 1.93 bits per heavy atom. The molecule has 146 valence electrons. The largest absolute Gasteiger partial charge is 0.392 e. The van der Waals surface area contributed by atoms with Crippen LogP contribution in [0.25, 0.3) is 10.9 Å². The number of anilines is 3. The van der Waals surface area contributed by atoms with Gasteiger partial charge in [-0.05, 0) is 55.0 Å². The summed E-state index contributed by atoms with van der Waals surface area (Å²) in [4.78, 5) is 18.8. The molecule has 0 spiro atoms. The SMILES string of the molecule is C[C@H](Nc1ccc2ncc(CO)cc2c1)C(=O)Nc1ccc(Cl)c(N(C)C)c1. The average Bonchev–Trinajstić information content (AvgIpc) is 2.68. The number of carbonyl (C=O) groups excluding carboxylic acids is 1. The highest BCUT2D eigenvalue weighted by Gasteiger charge is 2.14. The summed E-state index contributed by atoms with van der Waals surface area (Å²) in [5.74, 6) is -0.158. The highest BCUT2D eigenvalue weighted by atomic mass is 35.5. The van der Waals surface area contributed by atoms with Gasteiger partial charge in [0.15, 0.2) is 0 Å². The second-order valence-electron chi connectivity index (χ2n) is 6.83. The zero-order valence-corrected chi connectivity index (χ0v) is 16.8. The van der Waals surface area contributed by atoms with E-state index in [1.165, 1.54) is 0 Å². The van der Waals surface area contributed by atoms with E-state index < -0.39 is 6.04 Å². The Kier molecular flexibility index (Phi) is 6.02.